The Balaban J connectivity index is 0.00000123. The van der Waals surface area contributed by atoms with E-state index in [1.54, 1.807) is 11.1 Å². The van der Waals surface area contributed by atoms with E-state index < -0.39 is 0 Å². The van der Waals surface area contributed by atoms with Crippen molar-refractivity contribution in [2.45, 2.75) is 101 Å². The first-order valence-corrected chi connectivity index (χ1v) is 10.1. The van der Waals surface area contributed by atoms with Crippen molar-refractivity contribution in [2.24, 2.45) is 16.2 Å². The van der Waals surface area contributed by atoms with Gasteiger partial charge in [0.25, 0.3) is 0 Å². The predicted molar refractivity (Wildman–Crippen MR) is 112 cm³/mol. The summed E-state index contributed by atoms with van der Waals surface area (Å²) in [4.78, 5) is 0. The lowest BCUT2D eigenvalue weighted by Crippen LogP contribution is -2.53. The average Bonchev–Trinajstić information content (AvgIpc) is 2.59. The number of hydrogen-bond acceptors (Lipinski definition) is 0. The van der Waals surface area contributed by atoms with Crippen LogP contribution < -0.4 is 0 Å². The third-order valence-electron chi connectivity index (χ3n) is 7.59. The summed E-state index contributed by atoms with van der Waals surface area (Å²) < 4.78 is 0. The van der Waals surface area contributed by atoms with Crippen molar-refractivity contribution in [3.63, 3.8) is 0 Å². The summed E-state index contributed by atoms with van der Waals surface area (Å²) in [5.41, 5.74) is 4.15. The molecule has 0 nitrogen and oxygen atoms in total. The highest BCUT2D eigenvalue weighted by Crippen LogP contribution is 2.64. The fourth-order valence-electron chi connectivity index (χ4n) is 4.41. The maximum atomic E-state index is 2.49. The zero-order valence-electron chi connectivity index (χ0n) is 18.7. The highest BCUT2D eigenvalue weighted by atomic mass is 14.6. The standard InChI is InChI=1S/C20H32.2C2H6/c1-9-20(8)16-13-11-10-12-15(16)14-17(2,3)18(4,5)19(20,6)7;2*1-2/h10-13H,9,14H2,1-8H3;2*1-2H3. The lowest BCUT2D eigenvalue weighted by atomic mass is 9.46. The molecule has 0 spiro atoms. The van der Waals surface area contributed by atoms with Crippen molar-refractivity contribution in [3.05, 3.63) is 35.4 Å². The maximum Gasteiger partial charge on any atom is -0.00188 e. The zero-order valence-corrected chi connectivity index (χ0v) is 18.7. The Morgan fingerprint density at radius 3 is 1.67 bits per heavy atom. The molecule has 1 aliphatic carbocycles. The predicted octanol–water partition coefficient (Wildman–Crippen LogP) is 8.04. The van der Waals surface area contributed by atoms with Crippen LogP contribution in [-0.2, 0) is 11.8 Å². The Labute approximate surface area is 153 Å². The second-order valence-electron chi connectivity index (χ2n) is 8.65. The second kappa shape index (κ2) is 8.07. The summed E-state index contributed by atoms with van der Waals surface area (Å²) in [5.74, 6) is 0. The molecular weight excluding hydrogens is 288 g/mol. The molecule has 24 heavy (non-hydrogen) atoms. The SMILES string of the molecule is CC.CC.CCC1(C)c2ccccc2CC(C)(C)C(C)(C)C1(C)C. The largest absolute Gasteiger partial charge is 0.0683 e. The molecule has 1 aliphatic rings. The van der Waals surface area contributed by atoms with Crippen LogP contribution in [-0.4, -0.2) is 0 Å². The molecule has 0 saturated carbocycles. The minimum atomic E-state index is 0.223. The van der Waals surface area contributed by atoms with E-state index in [9.17, 15) is 0 Å². The van der Waals surface area contributed by atoms with Gasteiger partial charge in [0.2, 0.25) is 0 Å². The van der Waals surface area contributed by atoms with Gasteiger partial charge in [-0.25, -0.2) is 0 Å². The molecule has 0 aromatic heterocycles. The summed E-state index contributed by atoms with van der Waals surface area (Å²) in [6.07, 6.45) is 2.37. The highest BCUT2D eigenvalue weighted by molar-refractivity contribution is 5.39. The van der Waals surface area contributed by atoms with Crippen LogP contribution in [0.3, 0.4) is 0 Å². The molecule has 1 aromatic carbocycles. The van der Waals surface area contributed by atoms with Gasteiger partial charge in [0.1, 0.15) is 0 Å². The van der Waals surface area contributed by atoms with Gasteiger partial charge in [-0.1, -0.05) is 107 Å². The molecule has 1 aromatic rings. The van der Waals surface area contributed by atoms with E-state index in [4.69, 9.17) is 0 Å². The minimum absolute atomic E-state index is 0.223. The molecule has 0 bridgehead atoms. The molecule has 0 radical (unpaired) electrons. The van der Waals surface area contributed by atoms with E-state index in [1.165, 1.54) is 12.8 Å². The Morgan fingerprint density at radius 2 is 1.21 bits per heavy atom. The normalized spacial score (nSPS) is 25.8. The monoisotopic (exact) mass is 332 g/mol. The van der Waals surface area contributed by atoms with Crippen LogP contribution in [0.1, 0.15) is 101 Å². The van der Waals surface area contributed by atoms with Crippen LogP contribution in [0.2, 0.25) is 0 Å². The molecule has 2 rings (SSSR count). The lowest BCUT2D eigenvalue weighted by molar-refractivity contribution is -0.0618. The van der Waals surface area contributed by atoms with Crippen molar-refractivity contribution >= 4 is 0 Å². The van der Waals surface area contributed by atoms with Crippen molar-refractivity contribution in [1.82, 2.24) is 0 Å². The van der Waals surface area contributed by atoms with Crippen LogP contribution in [0.15, 0.2) is 24.3 Å². The summed E-state index contributed by atoms with van der Waals surface area (Å²) in [6, 6.07) is 9.14. The Hall–Kier alpha value is -0.780. The van der Waals surface area contributed by atoms with Gasteiger partial charge in [-0.05, 0) is 45.6 Å². The molecular formula is C24H44. The molecule has 0 N–H and O–H groups in total. The van der Waals surface area contributed by atoms with Gasteiger partial charge < -0.3 is 0 Å². The Bertz CT molecular complexity index is 505. The Morgan fingerprint density at radius 1 is 0.750 bits per heavy atom. The second-order valence-corrected chi connectivity index (χ2v) is 8.65. The van der Waals surface area contributed by atoms with Gasteiger partial charge in [0.05, 0.1) is 0 Å². The van der Waals surface area contributed by atoms with E-state index in [0.717, 1.165) is 0 Å². The zero-order chi connectivity index (χ0) is 19.4. The van der Waals surface area contributed by atoms with Gasteiger partial charge in [0, 0.05) is 0 Å². The summed E-state index contributed by atoms with van der Waals surface area (Å²) in [6.45, 7) is 27.7. The molecule has 0 heterocycles. The minimum Gasteiger partial charge on any atom is -0.0683 e. The topological polar surface area (TPSA) is 0 Å². The molecule has 0 amide bonds. The van der Waals surface area contributed by atoms with Crippen molar-refractivity contribution in [2.75, 3.05) is 0 Å². The summed E-state index contributed by atoms with van der Waals surface area (Å²) >= 11 is 0. The smallest absolute Gasteiger partial charge is 0.00188 e. The van der Waals surface area contributed by atoms with E-state index in [-0.39, 0.29) is 16.2 Å². The van der Waals surface area contributed by atoms with Gasteiger partial charge >= 0.3 is 0 Å². The van der Waals surface area contributed by atoms with Gasteiger partial charge in [-0.2, -0.15) is 0 Å². The highest BCUT2D eigenvalue weighted by Gasteiger charge is 2.58. The van der Waals surface area contributed by atoms with Crippen molar-refractivity contribution in [1.29, 1.82) is 0 Å². The van der Waals surface area contributed by atoms with Crippen LogP contribution >= 0.6 is 0 Å². The third-order valence-corrected chi connectivity index (χ3v) is 7.59. The van der Waals surface area contributed by atoms with Crippen LogP contribution in [0.25, 0.3) is 0 Å². The molecule has 0 saturated heterocycles. The van der Waals surface area contributed by atoms with Crippen molar-refractivity contribution < 1.29 is 0 Å². The quantitative estimate of drug-likeness (QED) is 0.456. The first-order valence-electron chi connectivity index (χ1n) is 10.1. The molecule has 1 atom stereocenters. The average molecular weight is 333 g/mol. The number of benzene rings is 1. The number of fused-ring (bicyclic) bond motifs is 1. The third kappa shape index (κ3) is 3.31. The fraction of sp³-hybridized carbons (Fsp3) is 0.750. The van der Waals surface area contributed by atoms with Crippen molar-refractivity contribution in [3.8, 4) is 0 Å². The molecule has 1 unspecified atom stereocenters. The van der Waals surface area contributed by atoms with E-state index in [2.05, 4.69) is 79.7 Å². The molecule has 140 valence electrons. The molecule has 0 aliphatic heterocycles. The van der Waals surface area contributed by atoms with Gasteiger partial charge in [-0.15, -0.1) is 0 Å². The maximum absolute atomic E-state index is 2.49. The first-order chi connectivity index (χ1) is 11.0. The molecule has 0 heteroatoms. The summed E-state index contributed by atoms with van der Waals surface area (Å²) in [5, 5.41) is 0. The van der Waals surface area contributed by atoms with Gasteiger partial charge in [-0.3, -0.25) is 0 Å². The number of hydrogen-bond donors (Lipinski definition) is 0. The van der Waals surface area contributed by atoms with E-state index >= 15 is 0 Å². The number of rotatable bonds is 1. The fourth-order valence-corrected chi connectivity index (χ4v) is 4.41. The van der Waals surface area contributed by atoms with Crippen LogP contribution in [0.4, 0.5) is 0 Å². The van der Waals surface area contributed by atoms with E-state index in [0.29, 0.717) is 5.41 Å². The van der Waals surface area contributed by atoms with E-state index in [1.807, 2.05) is 27.7 Å². The van der Waals surface area contributed by atoms with Crippen LogP contribution in [0.5, 0.6) is 0 Å². The van der Waals surface area contributed by atoms with Crippen LogP contribution in [0, 0.1) is 16.2 Å². The lowest BCUT2D eigenvalue weighted by Gasteiger charge is -2.58. The Kier molecular flexibility index (Phi) is 7.80. The van der Waals surface area contributed by atoms with Gasteiger partial charge in [0.15, 0.2) is 0 Å². The first kappa shape index (κ1) is 23.2. The molecule has 0 fully saturated rings. The summed E-state index contributed by atoms with van der Waals surface area (Å²) in [7, 11) is 0.